The number of hydrogen-bond donors (Lipinski definition) is 3. The summed E-state index contributed by atoms with van der Waals surface area (Å²) < 4.78 is 0. The number of aliphatic hydroxyl groups is 2. The first-order chi connectivity index (χ1) is 25.4. The van der Waals surface area contributed by atoms with Gasteiger partial charge in [0.25, 0.3) is 0 Å². The molecule has 0 spiro atoms. The van der Waals surface area contributed by atoms with Crippen LogP contribution in [0.1, 0.15) is 189 Å². The van der Waals surface area contributed by atoms with Crippen LogP contribution in [0.4, 0.5) is 0 Å². The Labute approximate surface area is 325 Å². The lowest BCUT2D eigenvalue weighted by atomic mass is 10.0. The van der Waals surface area contributed by atoms with E-state index in [0.717, 1.165) is 64.7 Å². The third-order valence-electron chi connectivity index (χ3n) is 10.4. The van der Waals surface area contributed by atoms with Crippen molar-refractivity contribution in [2.45, 2.75) is 207 Å². The van der Waals surface area contributed by atoms with E-state index in [1.807, 2.05) is 0 Å². The van der Waals surface area contributed by atoms with Crippen LogP contribution in [0, 0.1) is 5.92 Å². The molecule has 52 heavy (non-hydrogen) atoms. The second-order valence-electron chi connectivity index (χ2n) is 15.7. The standard InChI is InChI=1S/C47H91N3O2/c1-6-10-12-14-15-16-17-18-19-20-21-22-23-24-26-31-38-49(42-46(51)9-4)39-32-33-40-50(43-47(52)41-48)45(36-29-25-13-11-7-2)37-30-27-28-35-44(5)34-8-3/h15-16,18-19,28,30,35,37,44-47,51-52H,6-14,17,20-27,29,31-34,36,38-43,48H2,1-5H3/b16-15+,19-18+,35-28-,37-30-. The lowest BCUT2D eigenvalue weighted by molar-refractivity contribution is 0.0933. The van der Waals surface area contributed by atoms with E-state index in [1.54, 1.807) is 0 Å². The van der Waals surface area contributed by atoms with E-state index in [2.05, 4.69) is 93.0 Å². The molecule has 0 aliphatic carbocycles. The van der Waals surface area contributed by atoms with Gasteiger partial charge in [-0.05, 0) is 103 Å². The second-order valence-corrected chi connectivity index (χ2v) is 15.7. The van der Waals surface area contributed by atoms with Gasteiger partial charge in [0.05, 0.1) is 12.2 Å². The highest BCUT2D eigenvalue weighted by atomic mass is 16.3. The van der Waals surface area contributed by atoms with Gasteiger partial charge in [0.1, 0.15) is 0 Å². The van der Waals surface area contributed by atoms with Crippen molar-refractivity contribution in [1.29, 1.82) is 0 Å². The quantitative estimate of drug-likeness (QED) is 0.0434. The maximum absolute atomic E-state index is 10.6. The van der Waals surface area contributed by atoms with Gasteiger partial charge in [0, 0.05) is 25.7 Å². The van der Waals surface area contributed by atoms with Gasteiger partial charge >= 0.3 is 0 Å². The Kier molecular flexibility index (Phi) is 38.5. The minimum atomic E-state index is -0.495. The SMILES string of the molecule is CCCCC/C=C/C/C=C/CCCCCCCCN(CCCCN(CC(O)CN)C(/C=C\C/C=C\C(C)CCC)CCCCCCC)CC(O)CC. The maximum Gasteiger partial charge on any atom is 0.0789 e. The summed E-state index contributed by atoms with van der Waals surface area (Å²) in [7, 11) is 0. The first-order valence-corrected chi connectivity index (χ1v) is 22.6. The molecule has 5 heteroatoms. The molecule has 0 saturated heterocycles. The molecule has 0 aromatic rings. The van der Waals surface area contributed by atoms with Crippen LogP contribution in [0.2, 0.25) is 0 Å². The number of allylic oxidation sites excluding steroid dienone is 7. The number of unbranched alkanes of at least 4 members (excludes halogenated alkanes) is 14. The third kappa shape index (κ3) is 33.3. The van der Waals surface area contributed by atoms with Crippen LogP contribution < -0.4 is 5.73 Å². The maximum atomic E-state index is 10.6. The molecule has 0 aliphatic rings. The van der Waals surface area contributed by atoms with Gasteiger partial charge in [0.15, 0.2) is 0 Å². The Morgan fingerprint density at radius 1 is 0.519 bits per heavy atom. The van der Waals surface area contributed by atoms with Crippen molar-refractivity contribution < 1.29 is 10.2 Å². The highest BCUT2D eigenvalue weighted by molar-refractivity contribution is 5.00. The highest BCUT2D eigenvalue weighted by Gasteiger charge is 2.19. The first kappa shape index (κ1) is 50.8. The van der Waals surface area contributed by atoms with Gasteiger partial charge in [-0.15, -0.1) is 0 Å². The van der Waals surface area contributed by atoms with Crippen molar-refractivity contribution >= 4 is 0 Å². The fourth-order valence-electron chi connectivity index (χ4n) is 6.97. The van der Waals surface area contributed by atoms with Crippen LogP contribution in [-0.2, 0) is 0 Å². The molecule has 4 atom stereocenters. The summed E-state index contributed by atoms with van der Waals surface area (Å²) in [6, 6.07) is 0.334. The van der Waals surface area contributed by atoms with Gasteiger partial charge in [-0.3, -0.25) is 4.90 Å². The van der Waals surface area contributed by atoms with E-state index < -0.39 is 6.10 Å². The van der Waals surface area contributed by atoms with Crippen molar-refractivity contribution in [3.05, 3.63) is 48.6 Å². The van der Waals surface area contributed by atoms with E-state index in [0.29, 0.717) is 25.0 Å². The van der Waals surface area contributed by atoms with Crippen molar-refractivity contribution in [2.24, 2.45) is 11.7 Å². The zero-order chi connectivity index (χ0) is 38.3. The molecule has 0 bridgehead atoms. The lowest BCUT2D eigenvalue weighted by Crippen LogP contribution is -2.43. The topological polar surface area (TPSA) is 73.0 Å². The zero-order valence-electron chi connectivity index (χ0n) is 35.5. The molecule has 0 saturated carbocycles. The molecule has 5 nitrogen and oxygen atoms in total. The molecule has 4 unspecified atom stereocenters. The van der Waals surface area contributed by atoms with Crippen molar-refractivity contribution in [2.75, 3.05) is 39.3 Å². The zero-order valence-corrected chi connectivity index (χ0v) is 35.5. The van der Waals surface area contributed by atoms with E-state index in [4.69, 9.17) is 5.73 Å². The normalized spacial score (nSPS) is 15.0. The van der Waals surface area contributed by atoms with Crippen LogP contribution in [0.5, 0.6) is 0 Å². The van der Waals surface area contributed by atoms with Crippen LogP contribution in [-0.4, -0.2) is 77.5 Å². The highest BCUT2D eigenvalue weighted by Crippen LogP contribution is 2.17. The average Bonchev–Trinajstić information content (AvgIpc) is 3.14. The Morgan fingerprint density at radius 3 is 1.71 bits per heavy atom. The predicted octanol–water partition coefficient (Wildman–Crippen LogP) is 11.9. The van der Waals surface area contributed by atoms with Gasteiger partial charge in [-0.25, -0.2) is 0 Å². The number of aliphatic hydroxyl groups excluding tert-OH is 2. The number of nitrogens with zero attached hydrogens (tertiary/aromatic N) is 2. The van der Waals surface area contributed by atoms with Crippen molar-refractivity contribution in [3.63, 3.8) is 0 Å². The molecule has 0 aromatic heterocycles. The van der Waals surface area contributed by atoms with E-state index >= 15 is 0 Å². The second kappa shape index (κ2) is 39.5. The molecule has 0 radical (unpaired) electrons. The van der Waals surface area contributed by atoms with Crippen LogP contribution >= 0.6 is 0 Å². The monoisotopic (exact) mass is 730 g/mol. The average molecular weight is 730 g/mol. The van der Waals surface area contributed by atoms with E-state index in [-0.39, 0.29) is 6.10 Å². The summed E-state index contributed by atoms with van der Waals surface area (Å²) in [4.78, 5) is 5.01. The molecule has 0 aliphatic heterocycles. The third-order valence-corrected chi connectivity index (χ3v) is 10.4. The number of rotatable bonds is 39. The molecule has 0 aromatic carbocycles. The minimum absolute atomic E-state index is 0.248. The van der Waals surface area contributed by atoms with Crippen LogP contribution in [0.15, 0.2) is 48.6 Å². The molecular formula is C47H91N3O2. The Bertz CT molecular complexity index is 840. The summed E-state index contributed by atoms with van der Waals surface area (Å²) in [5.74, 6) is 0.641. The molecule has 0 rings (SSSR count). The first-order valence-electron chi connectivity index (χ1n) is 22.6. The van der Waals surface area contributed by atoms with Crippen molar-refractivity contribution in [1.82, 2.24) is 9.80 Å². The van der Waals surface area contributed by atoms with Crippen LogP contribution in [0.25, 0.3) is 0 Å². The molecule has 0 heterocycles. The molecule has 0 fully saturated rings. The largest absolute Gasteiger partial charge is 0.392 e. The van der Waals surface area contributed by atoms with Gasteiger partial charge in [-0.1, -0.05) is 160 Å². The van der Waals surface area contributed by atoms with Crippen LogP contribution in [0.3, 0.4) is 0 Å². The Hall–Kier alpha value is -1.24. The molecular weight excluding hydrogens is 639 g/mol. The van der Waals surface area contributed by atoms with Gasteiger partial charge in [-0.2, -0.15) is 0 Å². The number of hydrogen-bond acceptors (Lipinski definition) is 5. The van der Waals surface area contributed by atoms with E-state index in [9.17, 15) is 10.2 Å². The van der Waals surface area contributed by atoms with Gasteiger partial charge in [0.2, 0.25) is 0 Å². The summed E-state index contributed by atoms with van der Waals surface area (Å²) >= 11 is 0. The minimum Gasteiger partial charge on any atom is -0.392 e. The Balaban J connectivity index is 4.85. The van der Waals surface area contributed by atoms with E-state index in [1.165, 1.54) is 116 Å². The van der Waals surface area contributed by atoms with Crippen molar-refractivity contribution in [3.8, 4) is 0 Å². The summed E-state index contributed by atoms with van der Waals surface area (Å²) in [5, 5.41) is 21.1. The predicted molar refractivity (Wildman–Crippen MR) is 232 cm³/mol. The summed E-state index contributed by atoms with van der Waals surface area (Å²) in [6.45, 7) is 16.0. The number of nitrogens with two attached hydrogens (primary N) is 1. The summed E-state index contributed by atoms with van der Waals surface area (Å²) in [6.07, 6.45) is 47.3. The summed E-state index contributed by atoms with van der Waals surface area (Å²) in [5.41, 5.74) is 5.92. The fraction of sp³-hybridized carbons (Fsp3) is 0.830. The Morgan fingerprint density at radius 2 is 1.06 bits per heavy atom. The smallest absolute Gasteiger partial charge is 0.0789 e. The molecule has 0 amide bonds. The fourth-order valence-corrected chi connectivity index (χ4v) is 6.97. The molecule has 4 N–H and O–H groups in total. The van der Waals surface area contributed by atoms with Gasteiger partial charge < -0.3 is 20.8 Å². The lowest BCUT2D eigenvalue weighted by Gasteiger charge is -2.32. The molecule has 306 valence electrons.